The fourth-order valence-corrected chi connectivity index (χ4v) is 4.22. The third-order valence-corrected chi connectivity index (χ3v) is 5.90. The third-order valence-electron chi connectivity index (χ3n) is 5.90. The first kappa shape index (κ1) is 19.0. The Morgan fingerprint density at radius 3 is 2.62 bits per heavy atom. The SMILES string of the molecule is Cc1ccc(/C=C2\Oc3c(ccc4c3CN(Cc3ccc5c(c3)OCO5)CO4)C2=O)cc1. The molecule has 3 aliphatic heterocycles. The Balaban J connectivity index is 1.26. The highest BCUT2D eigenvalue weighted by Crippen LogP contribution is 2.42. The monoisotopic (exact) mass is 427 g/mol. The van der Waals surface area contributed by atoms with E-state index < -0.39 is 0 Å². The van der Waals surface area contributed by atoms with Gasteiger partial charge in [-0.2, -0.15) is 0 Å². The molecule has 160 valence electrons. The topological polar surface area (TPSA) is 57.2 Å². The van der Waals surface area contributed by atoms with Gasteiger partial charge in [0.05, 0.1) is 11.1 Å². The Labute approximate surface area is 185 Å². The van der Waals surface area contributed by atoms with Gasteiger partial charge in [0.15, 0.2) is 17.3 Å². The number of nitrogens with zero attached hydrogens (tertiary/aromatic N) is 1. The maximum atomic E-state index is 13.0. The summed E-state index contributed by atoms with van der Waals surface area (Å²) in [6.07, 6.45) is 1.79. The predicted molar refractivity (Wildman–Crippen MR) is 118 cm³/mol. The van der Waals surface area contributed by atoms with Crippen LogP contribution in [-0.4, -0.2) is 24.2 Å². The molecule has 6 heteroatoms. The highest BCUT2D eigenvalue weighted by Gasteiger charge is 2.33. The number of benzene rings is 3. The van der Waals surface area contributed by atoms with Crippen molar-refractivity contribution in [3.05, 3.63) is 88.2 Å². The van der Waals surface area contributed by atoms with Gasteiger partial charge >= 0.3 is 0 Å². The fourth-order valence-electron chi connectivity index (χ4n) is 4.22. The first-order valence-electron chi connectivity index (χ1n) is 10.5. The molecular weight excluding hydrogens is 406 g/mol. The van der Waals surface area contributed by atoms with E-state index >= 15 is 0 Å². The van der Waals surface area contributed by atoms with E-state index in [0.29, 0.717) is 36.9 Å². The van der Waals surface area contributed by atoms with Crippen LogP contribution in [0.4, 0.5) is 0 Å². The van der Waals surface area contributed by atoms with Gasteiger partial charge in [0.1, 0.15) is 18.2 Å². The zero-order valence-electron chi connectivity index (χ0n) is 17.6. The minimum absolute atomic E-state index is 0.101. The lowest BCUT2D eigenvalue weighted by atomic mass is 10.0. The van der Waals surface area contributed by atoms with Crippen LogP contribution < -0.4 is 18.9 Å². The standard InChI is InChI=1S/C26H21NO5/c1-16-2-4-17(5-3-16)10-24-25(28)19-7-9-21-20(26(19)32-24)13-27(14-29-21)12-18-6-8-22-23(11-18)31-15-30-22/h2-11H,12-15H2,1H3/b24-10-. The number of fused-ring (bicyclic) bond motifs is 4. The van der Waals surface area contributed by atoms with Crippen LogP contribution >= 0.6 is 0 Å². The number of rotatable bonds is 3. The summed E-state index contributed by atoms with van der Waals surface area (Å²) in [5, 5.41) is 0. The minimum Gasteiger partial charge on any atom is -0.478 e. The molecule has 3 aliphatic rings. The van der Waals surface area contributed by atoms with Gasteiger partial charge in [-0.25, -0.2) is 0 Å². The van der Waals surface area contributed by atoms with Crippen molar-refractivity contribution in [2.75, 3.05) is 13.5 Å². The second kappa shape index (κ2) is 7.43. The van der Waals surface area contributed by atoms with Crippen molar-refractivity contribution in [1.29, 1.82) is 0 Å². The second-order valence-electron chi connectivity index (χ2n) is 8.22. The molecule has 0 saturated heterocycles. The largest absolute Gasteiger partial charge is 0.478 e. The van der Waals surface area contributed by atoms with E-state index in [-0.39, 0.29) is 12.6 Å². The van der Waals surface area contributed by atoms with E-state index in [0.717, 1.165) is 33.9 Å². The molecule has 0 aromatic heterocycles. The van der Waals surface area contributed by atoms with Gasteiger partial charge in [0.25, 0.3) is 0 Å². The molecule has 0 amide bonds. The smallest absolute Gasteiger partial charge is 0.231 e. The number of Topliss-reactive ketones (excluding diaryl/α,β-unsaturated/α-hetero) is 1. The molecule has 0 atom stereocenters. The van der Waals surface area contributed by atoms with E-state index in [1.54, 1.807) is 12.1 Å². The van der Waals surface area contributed by atoms with Crippen LogP contribution in [0.25, 0.3) is 6.08 Å². The average Bonchev–Trinajstić information content (AvgIpc) is 3.40. The van der Waals surface area contributed by atoms with Gasteiger partial charge in [0.2, 0.25) is 12.6 Å². The number of hydrogen-bond acceptors (Lipinski definition) is 6. The summed E-state index contributed by atoms with van der Waals surface area (Å²) in [6.45, 7) is 4.05. The number of carbonyl (C=O) groups excluding carboxylic acids is 1. The van der Waals surface area contributed by atoms with Crippen molar-refractivity contribution in [2.24, 2.45) is 0 Å². The zero-order chi connectivity index (χ0) is 21.7. The molecule has 0 radical (unpaired) electrons. The van der Waals surface area contributed by atoms with Gasteiger partial charge in [-0.1, -0.05) is 35.9 Å². The number of allylic oxidation sites excluding steroid dienone is 1. The Morgan fingerprint density at radius 2 is 1.75 bits per heavy atom. The maximum Gasteiger partial charge on any atom is 0.231 e. The van der Waals surface area contributed by atoms with Crippen LogP contribution in [0.2, 0.25) is 0 Å². The maximum absolute atomic E-state index is 13.0. The number of ketones is 1. The second-order valence-corrected chi connectivity index (χ2v) is 8.22. The first-order chi connectivity index (χ1) is 15.6. The van der Waals surface area contributed by atoms with Crippen molar-refractivity contribution in [2.45, 2.75) is 20.0 Å². The Bertz CT molecular complexity index is 1260. The van der Waals surface area contributed by atoms with Crippen LogP contribution in [0.1, 0.15) is 32.6 Å². The van der Waals surface area contributed by atoms with Crippen LogP contribution in [0.15, 0.2) is 60.4 Å². The molecular formula is C26H21NO5. The minimum atomic E-state index is -0.101. The van der Waals surface area contributed by atoms with Crippen LogP contribution in [0.3, 0.4) is 0 Å². The Hall–Kier alpha value is -3.77. The van der Waals surface area contributed by atoms with E-state index in [2.05, 4.69) is 4.90 Å². The van der Waals surface area contributed by atoms with Gasteiger partial charge in [-0.05, 0) is 48.4 Å². The Kier molecular flexibility index (Phi) is 4.40. The predicted octanol–water partition coefficient (Wildman–Crippen LogP) is 4.69. The van der Waals surface area contributed by atoms with Crippen molar-refractivity contribution in [3.8, 4) is 23.0 Å². The van der Waals surface area contributed by atoms with E-state index in [1.165, 1.54) is 5.56 Å². The highest BCUT2D eigenvalue weighted by molar-refractivity contribution is 6.15. The van der Waals surface area contributed by atoms with E-state index in [4.69, 9.17) is 18.9 Å². The van der Waals surface area contributed by atoms with Gasteiger partial charge in [-0.3, -0.25) is 9.69 Å². The lowest BCUT2D eigenvalue weighted by molar-refractivity contribution is 0.0872. The van der Waals surface area contributed by atoms with Crippen molar-refractivity contribution in [1.82, 2.24) is 4.90 Å². The summed E-state index contributed by atoms with van der Waals surface area (Å²) in [6, 6.07) is 17.6. The summed E-state index contributed by atoms with van der Waals surface area (Å²) in [4.78, 5) is 15.1. The van der Waals surface area contributed by atoms with Crippen LogP contribution in [0, 0.1) is 6.92 Å². The Morgan fingerprint density at radius 1 is 0.938 bits per heavy atom. The van der Waals surface area contributed by atoms with Crippen molar-refractivity contribution in [3.63, 3.8) is 0 Å². The molecule has 3 heterocycles. The average molecular weight is 427 g/mol. The number of hydrogen-bond donors (Lipinski definition) is 0. The molecule has 6 rings (SSSR count). The molecule has 0 fully saturated rings. The van der Waals surface area contributed by atoms with E-state index in [1.807, 2.05) is 55.5 Å². The lowest BCUT2D eigenvalue weighted by Crippen LogP contribution is -2.31. The molecule has 6 nitrogen and oxygen atoms in total. The van der Waals surface area contributed by atoms with Crippen LogP contribution in [-0.2, 0) is 13.1 Å². The summed E-state index contributed by atoms with van der Waals surface area (Å²) >= 11 is 0. The van der Waals surface area contributed by atoms with E-state index in [9.17, 15) is 4.79 Å². The molecule has 0 saturated carbocycles. The lowest BCUT2D eigenvalue weighted by Gasteiger charge is -2.29. The quantitative estimate of drug-likeness (QED) is 0.565. The molecule has 0 unspecified atom stereocenters. The molecule has 0 N–H and O–H groups in total. The summed E-state index contributed by atoms with van der Waals surface area (Å²) in [5.74, 6) is 3.13. The molecule has 32 heavy (non-hydrogen) atoms. The van der Waals surface area contributed by atoms with Crippen LogP contribution in [0.5, 0.6) is 23.0 Å². The highest BCUT2D eigenvalue weighted by atomic mass is 16.7. The summed E-state index contributed by atoms with van der Waals surface area (Å²) in [7, 11) is 0. The molecule has 0 spiro atoms. The fraction of sp³-hybridized carbons (Fsp3) is 0.192. The van der Waals surface area contributed by atoms with Gasteiger partial charge in [0, 0.05) is 13.1 Å². The number of ether oxygens (including phenoxy) is 4. The van der Waals surface area contributed by atoms with Gasteiger partial charge < -0.3 is 18.9 Å². The summed E-state index contributed by atoms with van der Waals surface area (Å²) < 4.78 is 22.9. The van der Waals surface area contributed by atoms with Gasteiger partial charge in [-0.15, -0.1) is 0 Å². The molecule has 0 bridgehead atoms. The number of aryl methyl sites for hydroxylation is 1. The first-order valence-corrected chi connectivity index (χ1v) is 10.5. The zero-order valence-corrected chi connectivity index (χ0v) is 17.6. The molecule has 3 aromatic rings. The van der Waals surface area contributed by atoms with Crippen molar-refractivity contribution < 1.29 is 23.7 Å². The normalized spacial score (nSPS) is 17.7. The van der Waals surface area contributed by atoms with Crippen molar-refractivity contribution >= 4 is 11.9 Å². The third kappa shape index (κ3) is 3.29. The number of carbonyl (C=O) groups is 1. The molecule has 3 aromatic carbocycles. The summed E-state index contributed by atoms with van der Waals surface area (Å²) in [5.41, 5.74) is 4.68. The molecule has 0 aliphatic carbocycles.